The molecule has 126 valence electrons. The number of carbonyl (C=O) groups excluding carboxylic acids is 2. The minimum Gasteiger partial charge on any atom is -0.378 e. The Morgan fingerprint density at radius 3 is 2.65 bits per heavy atom. The van der Waals surface area contributed by atoms with Crippen LogP contribution < -0.4 is 11.1 Å². The lowest BCUT2D eigenvalue weighted by Crippen LogP contribution is -2.38. The van der Waals surface area contributed by atoms with Crippen molar-refractivity contribution in [1.29, 1.82) is 0 Å². The summed E-state index contributed by atoms with van der Waals surface area (Å²) in [4.78, 5) is 24.7. The van der Waals surface area contributed by atoms with Crippen molar-refractivity contribution in [3.8, 4) is 0 Å². The van der Waals surface area contributed by atoms with Crippen molar-refractivity contribution in [3.05, 3.63) is 35.4 Å². The highest BCUT2D eigenvalue weighted by Gasteiger charge is 2.16. The van der Waals surface area contributed by atoms with Gasteiger partial charge in [0, 0.05) is 32.3 Å². The molecule has 1 fully saturated rings. The molecule has 1 aromatic rings. The number of primary amides is 1. The molecule has 0 saturated carbocycles. The Labute approximate surface area is 137 Å². The maximum atomic E-state index is 12.1. The van der Waals surface area contributed by atoms with Gasteiger partial charge in [-0.1, -0.05) is 12.1 Å². The first-order chi connectivity index (χ1) is 11.1. The maximum absolute atomic E-state index is 12.1. The highest BCUT2D eigenvalue weighted by atomic mass is 16.5. The number of nitrogens with zero attached hydrogens (tertiary/aromatic N) is 1. The Hall–Kier alpha value is -2.08. The third-order valence-corrected chi connectivity index (χ3v) is 4.09. The Kier molecular flexibility index (Phi) is 6.40. The highest BCUT2D eigenvalue weighted by Crippen LogP contribution is 2.15. The SMILES string of the molecule is CN(CCC1CCCCO1)C(=O)NCc1ccc(C(N)=O)cc1. The number of hydrogen-bond donors (Lipinski definition) is 2. The summed E-state index contributed by atoms with van der Waals surface area (Å²) in [6.07, 6.45) is 4.59. The van der Waals surface area contributed by atoms with Crippen LogP contribution in [-0.4, -0.2) is 43.1 Å². The summed E-state index contributed by atoms with van der Waals surface area (Å²) in [7, 11) is 1.79. The van der Waals surface area contributed by atoms with E-state index in [1.54, 1.807) is 36.2 Å². The number of urea groups is 1. The second-order valence-corrected chi connectivity index (χ2v) is 5.92. The van der Waals surface area contributed by atoms with Crippen LogP contribution in [0.25, 0.3) is 0 Å². The molecule has 6 heteroatoms. The smallest absolute Gasteiger partial charge is 0.317 e. The highest BCUT2D eigenvalue weighted by molar-refractivity contribution is 5.92. The molecule has 3 amide bonds. The van der Waals surface area contributed by atoms with Crippen LogP contribution in [0.2, 0.25) is 0 Å². The first-order valence-corrected chi connectivity index (χ1v) is 8.05. The van der Waals surface area contributed by atoms with E-state index in [0.29, 0.717) is 18.7 Å². The van der Waals surface area contributed by atoms with Crippen LogP contribution in [-0.2, 0) is 11.3 Å². The van der Waals surface area contributed by atoms with Gasteiger partial charge in [-0.05, 0) is 43.4 Å². The maximum Gasteiger partial charge on any atom is 0.317 e. The number of benzene rings is 1. The topological polar surface area (TPSA) is 84.7 Å². The summed E-state index contributed by atoms with van der Waals surface area (Å²) in [6.45, 7) is 1.93. The van der Waals surface area contributed by atoms with Crippen molar-refractivity contribution < 1.29 is 14.3 Å². The molecule has 1 heterocycles. The molecule has 3 N–H and O–H groups in total. The molecular formula is C17H25N3O3. The second-order valence-electron chi connectivity index (χ2n) is 5.92. The van der Waals surface area contributed by atoms with Gasteiger partial charge in [0.1, 0.15) is 0 Å². The van der Waals surface area contributed by atoms with E-state index in [2.05, 4.69) is 5.32 Å². The van der Waals surface area contributed by atoms with E-state index < -0.39 is 5.91 Å². The average molecular weight is 319 g/mol. The Bertz CT molecular complexity index is 524. The first-order valence-electron chi connectivity index (χ1n) is 8.05. The fraction of sp³-hybridized carbons (Fsp3) is 0.529. The van der Waals surface area contributed by atoms with Crippen LogP contribution in [0.3, 0.4) is 0 Å². The van der Waals surface area contributed by atoms with Crippen LogP contribution in [0.4, 0.5) is 4.79 Å². The normalized spacial score (nSPS) is 17.5. The van der Waals surface area contributed by atoms with Crippen LogP contribution in [0.15, 0.2) is 24.3 Å². The summed E-state index contributed by atoms with van der Waals surface area (Å²) >= 11 is 0. The fourth-order valence-corrected chi connectivity index (χ4v) is 2.57. The molecule has 1 atom stereocenters. The molecule has 1 aliphatic heterocycles. The predicted octanol–water partition coefficient (Wildman–Crippen LogP) is 1.89. The molecule has 1 saturated heterocycles. The Morgan fingerprint density at radius 2 is 2.04 bits per heavy atom. The van der Waals surface area contributed by atoms with Crippen molar-refractivity contribution >= 4 is 11.9 Å². The molecule has 0 radical (unpaired) electrons. The molecule has 0 bridgehead atoms. The molecule has 1 aromatic carbocycles. The van der Waals surface area contributed by atoms with E-state index in [1.807, 2.05) is 0 Å². The van der Waals surface area contributed by atoms with Gasteiger partial charge >= 0.3 is 6.03 Å². The van der Waals surface area contributed by atoms with Crippen LogP contribution in [0.1, 0.15) is 41.6 Å². The number of carbonyl (C=O) groups is 2. The lowest BCUT2D eigenvalue weighted by atomic mass is 10.1. The summed E-state index contributed by atoms with van der Waals surface area (Å²) in [6, 6.07) is 6.79. The summed E-state index contributed by atoms with van der Waals surface area (Å²) in [5.41, 5.74) is 6.58. The van der Waals surface area contributed by atoms with Gasteiger partial charge in [0.2, 0.25) is 5.91 Å². The van der Waals surface area contributed by atoms with Gasteiger partial charge in [-0.15, -0.1) is 0 Å². The van der Waals surface area contributed by atoms with E-state index >= 15 is 0 Å². The molecule has 6 nitrogen and oxygen atoms in total. The van der Waals surface area contributed by atoms with Crippen LogP contribution in [0.5, 0.6) is 0 Å². The van der Waals surface area contributed by atoms with Crippen molar-refractivity contribution in [1.82, 2.24) is 10.2 Å². The summed E-state index contributed by atoms with van der Waals surface area (Å²) in [5, 5.41) is 2.87. The van der Waals surface area contributed by atoms with E-state index in [1.165, 1.54) is 6.42 Å². The molecule has 0 spiro atoms. The lowest BCUT2D eigenvalue weighted by molar-refractivity contribution is 0.00827. The van der Waals surface area contributed by atoms with Crippen molar-refractivity contribution in [2.45, 2.75) is 38.3 Å². The number of hydrogen-bond acceptors (Lipinski definition) is 3. The zero-order valence-electron chi connectivity index (χ0n) is 13.6. The van der Waals surface area contributed by atoms with Crippen LogP contribution in [0, 0.1) is 0 Å². The predicted molar refractivity (Wildman–Crippen MR) is 88.0 cm³/mol. The fourth-order valence-electron chi connectivity index (χ4n) is 2.57. The van der Waals surface area contributed by atoms with E-state index in [4.69, 9.17) is 10.5 Å². The van der Waals surface area contributed by atoms with Gasteiger partial charge in [0.15, 0.2) is 0 Å². The first kappa shape index (κ1) is 17.3. The van der Waals surface area contributed by atoms with Gasteiger partial charge in [-0.2, -0.15) is 0 Å². The third kappa shape index (κ3) is 5.56. The molecule has 1 aliphatic rings. The number of amides is 3. The molecule has 0 aliphatic carbocycles. The zero-order valence-corrected chi connectivity index (χ0v) is 13.6. The van der Waals surface area contributed by atoms with Gasteiger partial charge in [0.25, 0.3) is 0 Å². The van der Waals surface area contributed by atoms with Gasteiger partial charge in [-0.3, -0.25) is 4.79 Å². The van der Waals surface area contributed by atoms with E-state index in [9.17, 15) is 9.59 Å². The summed E-state index contributed by atoms with van der Waals surface area (Å²) < 4.78 is 5.67. The Balaban J connectivity index is 1.71. The quantitative estimate of drug-likeness (QED) is 0.839. The molecule has 2 rings (SSSR count). The lowest BCUT2D eigenvalue weighted by Gasteiger charge is -2.25. The number of nitrogens with one attached hydrogen (secondary N) is 1. The second kappa shape index (κ2) is 8.53. The van der Waals surface area contributed by atoms with Crippen LogP contribution >= 0.6 is 0 Å². The Morgan fingerprint density at radius 1 is 1.30 bits per heavy atom. The monoisotopic (exact) mass is 319 g/mol. The van der Waals surface area contributed by atoms with Crippen molar-refractivity contribution in [2.24, 2.45) is 5.73 Å². The van der Waals surface area contributed by atoms with E-state index in [-0.39, 0.29) is 12.1 Å². The largest absolute Gasteiger partial charge is 0.378 e. The van der Waals surface area contributed by atoms with Gasteiger partial charge in [0.05, 0.1) is 6.10 Å². The van der Waals surface area contributed by atoms with E-state index in [0.717, 1.165) is 31.4 Å². The van der Waals surface area contributed by atoms with Gasteiger partial charge in [-0.25, -0.2) is 4.79 Å². The molecule has 0 aromatic heterocycles. The number of ether oxygens (including phenoxy) is 1. The molecule has 1 unspecified atom stereocenters. The third-order valence-electron chi connectivity index (χ3n) is 4.09. The average Bonchev–Trinajstić information content (AvgIpc) is 2.58. The summed E-state index contributed by atoms with van der Waals surface area (Å²) in [5.74, 6) is -0.453. The standard InChI is InChI=1S/C17H25N3O3/c1-20(10-9-15-4-2-3-11-23-15)17(22)19-12-13-5-7-14(8-6-13)16(18)21/h5-8,15H,2-4,9-12H2,1H3,(H2,18,21)(H,19,22). The molecule has 23 heavy (non-hydrogen) atoms. The number of nitrogens with two attached hydrogens (primary N) is 1. The minimum absolute atomic E-state index is 0.111. The van der Waals surface area contributed by atoms with Crippen molar-refractivity contribution in [2.75, 3.05) is 20.2 Å². The van der Waals surface area contributed by atoms with Gasteiger partial charge < -0.3 is 20.7 Å². The van der Waals surface area contributed by atoms with Crippen molar-refractivity contribution in [3.63, 3.8) is 0 Å². The zero-order chi connectivity index (χ0) is 16.7. The number of rotatable bonds is 6. The minimum atomic E-state index is -0.453. The molecular weight excluding hydrogens is 294 g/mol.